The SMILES string of the molecule is c1ccc(CN(Cc2ccccc2)C(c2ccc3c(c2)OCCO3)c2ccccn2)cc1. The number of hydrogen-bond donors (Lipinski definition) is 0. The van der Waals surface area contributed by atoms with Gasteiger partial charge in [-0.25, -0.2) is 0 Å². The second-order valence-electron chi connectivity index (χ2n) is 7.94. The van der Waals surface area contributed by atoms with Crippen LogP contribution in [0.3, 0.4) is 0 Å². The maximum atomic E-state index is 5.90. The van der Waals surface area contributed by atoms with Gasteiger partial charge in [-0.15, -0.1) is 0 Å². The molecule has 3 aromatic carbocycles. The number of fused-ring (bicyclic) bond motifs is 1. The van der Waals surface area contributed by atoms with Crippen LogP contribution in [0.4, 0.5) is 0 Å². The maximum Gasteiger partial charge on any atom is 0.161 e. The zero-order chi connectivity index (χ0) is 21.6. The van der Waals surface area contributed by atoms with Crippen molar-refractivity contribution in [1.82, 2.24) is 9.88 Å². The van der Waals surface area contributed by atoms with Crippen molar-refractivity contribution in [2.75, 3.05) is 13.2 Å². The summed E-state index contributed by atoms with van der Waals surface area (Å²) < 4.78 is 11.7. The van der Waals surface area contributed by atoms with Gasteiger partial charge in [-0.2, -0.15) is 0 Å². The molecule has 0 fully saturated rings. The molecular weight excluding hydrogens is 396 g/mol. The average Bonchev–Trinajstić information content (AvgIpc) is 2.86. The minimum atomic E-state index is -0.0348. The molecule has 0 N–H and O–H groups in total. The molecule has 1 aromatic heterocycles. The lowest BCUT2D eigenvalue weighted by molar-refractivity contribution is 0.169. The largest absolute Gasteiger partial charge is 0.486 e. The first-order chi connectivity index (χ1) is 15.9. The van der Waals surface area contributed by atoms with E-state index < -0.39 is 0 Å². The highest BCUT2D eigenvalue weighted by Crippen LogP contribution is 2.37. The fourth-order valence-electron chi connectivity index (χ4n) is 4.21. The van der Waals surface area contributed by atoms with E-state index in [1.54, 1.807) is 0 Å². The molecule has 32 heavy (non-hydrogen) atoms. The molecule has 4 heteroatoms. The second kappa shape index (κ2) is 9.67. The molecule has 0 saturated carbocycles. The van der Waals surface area contributed by atoms with Crippen LogP contribution in [-0.4, -0.2) is 23.1 Å². The Bertz CT molecular complexity index is 1090. The van der Waals surface area contributed by atoms with Crippen molar-refractivity contribution in [2.24, 2.45) is 0 Å². The Hall–Kier alpha value is -3.63. The van der Waals surface area contributed by atoms with Crippen LogP contribution < -0.4 is 9.47 Å². The Morgan fingerprint density at radius 2 is 1.31 bits per heavy atom. The molecule has 2 heterocycles. The van der Waals surface area contributed by atoms with Gasteiger partial charge in [0.05, 0.1) is 11.7 Å². The monoisotopic (exact) mass is 422 g/mol. The summed E-state index contributed by atoms with van der Waals surface area (Å²) in [7, 11) is 0. The van der Waals surface area contributed by atoms with Crippen molar-refractivity contribution in [3.05, 3.63) is 126 Å². The molecule has 0 aliphatic carbocycles. The first-order valence-electron chi connectivity index (χ1n) is 11.0. The lowest BCUT2D eigenvalue weighted by atomic mass is 9.98. The van der Waals surface area contributed by atoms with E-state index in [1.807, 2.05) is 18.3 Å². The average molecular weight is 423 g/mol. The number of benzene rings is 3. The van der Waals surface area contributed by atoms with Crippen LogP contribution in [0.1, 0.15) is 28.4 Å². The van der Waals surface area contributed by atoms with Gasteiger partial charge in [0.25, 0.3) is 0 Å². The van der Waals surface area contributed by atoms with Gasteiger partial charge < -0.3 is 9.47 Å². The topological polar surface area (TPSA) is 34.6 Å². The van der Waals surface area contributed by atoms with Crippen LogP contribution in [0.25, 0.3) is 0 Å². The highest BCUT2D eigenvalue weighted by molar-refractivity contribution is 5.46. The van der Waals surface area contributed by atoms with Crippen LogP contribution in [0, 0.1) is 0 Å². The molecule has 0 bridgehead atoms. The fraction of sp³-hybridized carbons (Fsp3) is 0.179. The highest BCUT2D eigenvalue weighted by atomic mass is 16.6. The Morgan fingerprint density at radius 1 is 0.688 bits per heavy atom. The molecule has 0 saturated heterocycles. The van der Waals surface area contributed by atoms with E-state index in [0.717, 1.165) is 35.8 Å². The van der Waals surface area contributed by atoms with E-state index in [1.165, 1.54) is 11.1 Å². The number of nitrogens with zero attached hydrogens (tertiary/aromatic N) is 2. The van der Waals surface area contributed by atoms with E-state index in [-0.39, 0.29) is 6.04 Å². The third-order valence-electron chi connectivity index (χ3n) is 5.67. The van der Waals surface area contributed by atoms with E-state index in [4.69, 9.17) is 14.5 Å². The van der Waals surface area contributed by atoms with Gasteiger partial charge in [0.1, 0.15) is 13.2 Å². The Balaban J connectivity index is 1.58. The molecule has 1 aliphatic heterocycles. The summed E-state index contributed by atoms with van der Waals surface area (Å²) in [6.07, 6.45) is 1.86. The van der Waals surface area contributed by atoms with Crippen LogP contribution in [0.2, 0.25) is 0 Å². The predicted octanol–water partition coefficient (Wildman–Crippen LogP) is 5.64. The summed E-state index contributed by atoms with van der Waals surface area (Å²) in [5.41, 5.74) is 4.68. The molecular formula is C28H26N2O2. The van der Waals surface area contributed by atoms with Crippen molar-refractivity contribution in [2.45, 2.75) is 19.1 Å². The summed E-state index contributed by atoms with van der Waals surface area (Å²) in [6, 6.07) is 33.5. The first-order valence-corrected chi connectivity index (χ1v) is 11.0. The zero-order valence-electron chi connectivity index (χ0n) is 17.9. The van der Waals surface area contributed by atoms with Crippen molar-refractivity contribution in [3.63, 3.8) is 0 Å². The van der Waals surface area contributed by atoms with Crippen molar-refractivity contribution >= 4 is 0 Å². The molecule has 160 valence electrons. The molecule has 4 aromatic rings. The van der Waals surface area contributed by atoms with Gasteiger partial charge in [0.15, 0.2) is 11.5 Å². The molecule has 0 spiro atoms. The van der Waals surface area contributed by atoms with Crippen LogP contribution in [0.5, 0.6) is 11.5 Å². The van der Waals surface area contributed by atoms with E-state index in [0.29, 0.717) is 13.2 Å². The Labute approximate surface area is 189 Å². The van der Waals surface area contributed by atoms with Crippen molar-refractivity contribution < 1.29 is 9.47 Å². The number of rotatable bonds is 7. The summed E-state index contributed by atoms with van der Waals surface area (Å²) >= 11 is 0. The lowest BCUT2D eigenvalue weighted by Gasteiger charge is -2.33. The Morgan fingerprint density at radius 3 is 1.94 bits per heavy atom. The summed E-state index contributed by atoms with van der Waals surface area (Å²) in [5, 5.41) is 0. The smallest absolute Gasteiger partial charge is 0.161 e. The van der Waals surface area contributed by atoms with E-state index >= 15 is 0 Å². The molecule has 4 nitrogen and oxygen atoms in total. The number of aromatic nitrogens is 1. The quantitative estimate of drug-likeness (QED) is 0.386. The molecule has 5 rings (SSSR count). The minimum absolute atomic E-state index is 0.0348. The summed E-state index contributed by atoms with van der Waals surface area (Å²) in [4.78, 5) is 7.23. The number of hydrogen-bond acceptors (Lipinski definition) is 4. The molecule has 1 aliphatic rings. The maximum absolute atomic E-state index is 5.90. The number of pyridine rings is 1. The third kappa shape index (κ3) is 4.66. The molecule has 1 unspecified atom stereocenters. The van der Waals surface area contributed by atoms with Crippen LogP contribution in [-0.2, 0) is 13.1 Å². The van der Waals surface area contributed by atoms with Crippen molar-refractivity contribution in [1.29, 1.82) is 0 Å². The minimum Gasteiger partial charge on any atom is -0.486 e. The number of ether oxygens (including phenoxy) is 2. The lowest BCUT2D eigenvalue weighted by Crippen LogP contribution is -2.30. The third-order valence-corrected chi connectivity index (χ3v) is 5.67. The summed E-state index contributed by atoms with van der Waals surface area (Å²) in [6.45, 7) is 2.75. The van der Waals surface area contributed by atoms with E-state index in [2.05, 4.69) is 89.8 Å². The zero-order valence-corrected chi connectivity index (χ0v) is 17.9. The second-order valence-corrected chi connectivity index (χ2v) is 7.94. The summed E-state index contributed by atoms with van der Waals surface area (Å²) in [5.74, 6) is 1.60. The van der Waals surface area contributed by atoms with Crippen LogP contribution >= 0.6 is 0 Å². The van der Waals surface area contributed by atoms with Crippen molar-refractivity contribution in [3.8, 4) is 11.5 Å². The molecule has 1 atom stereocenters. The Kier molecular flexibility index (Phi) is 6.13. The highest BCUT2D eigenvalue weighted by Gasteiger charge is 2.26. The molecule has 0 amide bonds. The van der Waals surface area contributed by atoms with Gasteiger partial charge in [0, 0.05) is 19.3 Å². The molecule has 0 radical (unpaired) electrons. The van der Waals surface area contributed by atoms with Gasteiger partial charge in [-0.3, -0.25) is 9.88 Å². The van der Waals surface area contributed by atoms with Gasteiger partial charge >= 0.3 is 0 Å². The normalized spacial score (nSPS) is 13.7. The van der Waals surface area contributed by atoms with Gasteiger partial charge in [0.2, 0.25) is 0 Å². The van der Waals surface area contributed by atoms with Gasteiger partial charge in [-0.1, -0.05) is 72.8 Å². The van der Waals surface area contributed by atoms with Gasteiger partial charge in [-0.05, 0) is 41.0 Å². The van der Waals surface area contributed by atoms with E-state index in [9.17, 15) is 0 Å². The standard InChI is InChI=1S/C28H26N2O2/c1-3-9-22(10-4-1)20-30(21-23-11-5-2-6-12-23)28(25-13-7-8-16-29-25)24-14-15-26-27(19-24)32-18-17-31-26/h1-16,19,28H,17-18,20-21H2. The van der Waals surface area contributed by atoms with Crippen LogP contribution in [0.15, 0.2) is 103 Å². The predicted molar refractivity (Wildman–Crippen MR) is 126 cm³/mol. The first kappa shape index (κ1) is 20.3. The fourth-order valence-corrected chi connectivity index (χ4v) is 4.21.